The molecule has 84 valence electrons. The summed E-state index contributed by atoms with van der Waals surface area (Å²) >= 11 is 0. The van der Waals surface area contributed by atoms with Crippen LogP contribution in [-0.2, 0) is 0 Å². The van der Waals surface area contributed by atoms with Gasteiger partial charge in [0.1, 0.15) is 11.6 Å². The molecule has 2 rings (SSSR count). The maximum absolute atomic E-state index is 8.88. The normalized spacial score (nSPS) is 9.94. The van der Waals surface area contributed by atoms with Gasteiger partial charge in [0.05, 0.1) is 17.3 Å². The molecule has 0 bridgehead atoms. The van der Waals surface area contributed by atoms with E-state index in [1.165, 1.54) is 0 Å². The molecule has 0 saturated carbocycles. The molecule has 0 aliphatic carbocycles. The quantitative estimate of drug-likeness (QED) is 0.805. The van der Waals surface area contributed by atoms with Gasteiger partial charge >= 0.3 is 0 Å². The van der Waals surface area contributed by atoms with E-state index in [1.807, 2.05) is 19.1 Å². The van der Waals surface area contributed by atoms with Crippen LogP contribution in [0, 0.1) is 25.2 Å². The smallest absolute Gasteiger partial charge is 0.130 e. The van der Waals surface area contributed by atoms with Crippen molar-refractivity contribution in [2.45, 2.75) is 13.8 Å². The van der Waals surface area contributed by atoms with Crippen molar-refractivity contribution in [2.75, 3.05) is 5.73 Å². The first-order chi connectivity index (χ1) is 8.11. The minimum atomic E-state index is 0.481. The van der Waals surface area contributed by atoms with Crippen molar-refractivity contribution in [2.24, 2.45) is 0 Å². The predicted molar refractivity (Wildman–Crippen MR) is 66.1 cm³/mol. The van der Waals surface area contributed by atoms with Crippen molar-refractivity contribution in [3.63, 3.8) is 0 Å². The van der Waals surface area contributed by atoms with E-state index in [4.69, 9.17) is 11.0 Å². The van der Waals surface area contributed by atoms with Gasteiger partial charge in [0, 0.05) is 11.1 Å². The van der Waals surface area contributed by atoms with Crippen molar-refractivity contribution in [1.29, 1.82) is 5.26 Å². The Morgan fingerprint density at radius 3 is 2.71 bits per heavy atom. The Balaban J connectivity index is 2.64. The third-order valence-electron chi connectivity index (χ3n) is 2.56. The Kier molecular flexibility index (Phi) is 2.75. The molecule has 0 amide bonds. The topological polar surface area (TPSA) is 75.6 Å². The summed E-state index contributed by atoms with van der Waals surface area (Å²) in [7, 11) is 0. The highest BCUT2D eigenvalue weighted by Crippen LogP contribution is 2.24. The SMILES string of the molecule is Cc1nc(N)c(C)c(-c2cccc(C#N)c2)n1. The molecule has 2 aromatic rings. The maximum Gasteiger partial charge on any atom is 0.130 e. The van der Waals surface area contributed by atoms with Crippen molar-refractivity contribution in [1.82, 2.24) is 9.97 Å². The first-order valence-corrected chi connectivity index (χ1v) is 5.23. The van der Waals surface area contributed by atoms with Gasteiger partial charge in [0.15, 0.2) is 0 Å². The second kappa shape index (κ2) is 4.22. The van der Waals surface area contributed by atoms with Crippen LogP contribution < -0.4 is 5.73 Å². The number of anilines is 1. The van der Waals surface area contributed by atoms with Crippen molar-refractivity contribution >= 4 is 5.82 Å². The van der Waals surface area contributed by atoms with Crippen LogP contribution in [0.3, 0.4) is 0 Å². The highest BCUT2D eigenvalue weighted by Gasteiger charge is 2.09. The van der Waals surface area contributed by atoms with Crippen LogP contribution >= 0.6 is 0 Å². The van der Waals surface area contributed by atoms with Gasteiger partial charge in [-0.2, -0.15) is 5.26 Å². The Labute approximate surface area is 99.8 Å². The second-order valence-electron chi connectivity index (χ2n) is 3.82. The molecule has 1 aromatic carbocycles. The van der Waals surface area contributed by atoms with E-state index in [9.17, 15) is 0 Å². The van der Waals surface area contributed by atoms with Gasteiger partial charge in [-0.05, 0) is 26.0 Å². The lowest BCUT2D eigenvalue weighted by Gasteiger charge is -2.08. The Morgan fingerprint density at radius 1 is 1.24 bits per heavy atom. The summed E-state index contributed by atoms with van der Waals surface area (Å²) in [5, 5.41) is 8.88. The lowest BCUT2D eigenvalue weighted by molar-refractivity contribution is 1.05. The number of aromatic nitrogens is 2. The van der Waals surface area contributed by atoms with Gasteiger partial charge in [-0.25, -0.2) is 9.97 Å². The number of nitrogen functional groups attached to an aromatic ring is 1. The van der Waals surface area contributed by atoms with E-state index in [0.717, 1.165) is 16.8 Å². The van der Waals surface area contributed by atoms with Crippen molar-refractivity contribution in [3.8, 4) is 17.3 Å². The number of hydrogen-bond acceptors (Lipinski definition) is 4. The lowest BCUT2D eigenvalue weighted by Crippen LogP contribution is -2.02. The summed E-state index contributed by atoms with van der Waals surface area (Å²) in [6.07, 6.45) is 0. The van der Waals surface area contributed by atoms with Gasteiger partial charge in [-0.15, -0.1) is 0 Å². The molecule has 4 heteroatoms. The van der Waals surface area contributed by atoms with Crippen LogP contribution in [0.1, 0.15) is 17.0 Å². The van der Waals surface area contributed by atoms with Crippen LogP contribution in [0.5, 0.6) is 0 Å². The number of hydrogen-bond donors (Lipinski definition) is 1. The highest BCUT2D eigenvalue weighted by molar-refractivity contribution is 5.68. The van der Waals surface area contributed by atoms with Crippen LogP contribution in [0.2, 0.25) is 0 Å². The molecule has 0 fully saturated rings. The average Bonchev–Trinajstić information content (AvgIpc) is 2.34. The summed E-state index contributed by atoms with van der Waals surface area (Å²) in [5.41, 5.74) is 8.93. The predicted octanol–water partition coefficient (Wildman–Crippen LogP) is 2.21. The molecular formula is C13H12N4. The van der Waals surface area contributed by atoms with Gasteiger partial charge in [0.25, 0.3) is 0 Å². The third-order valence-corrected chi connectivity index (χ3v) is 2.56. The molecule has 17 heavy (non-hydrogen) atoms. The first-order valence-electron chi connectivity index (χ1n) is 5.23. The van der Waals surface area contributed by atoms with Gasteiger partial charge in [-0.1, -0.05) is 12.1 Å². The average molecular weight is 224 g/mol. The van der Waals surface area contributed by atoms with E-state index in [-0.39, 0.29) is 0 Å². The Bertz CT molecular complexity index is 611. The van der Waals surface area contributed by atoms with E-state index < -0.39 is 0 Å². The number of nitriles is 1. The molecule has 0 atom stereocenters. The minimum Gasteiger partial charge on any atom is -0.383 e. The Hall–Kier alpha value is -2.41. The van der Waals surface area contributed by atoms with Crippen LogP contribution in [-0.4, -0.2) is 9.97 Å². The summed E-state index contributed by atoms with van der Waals surface area (Å²) in [5.74, 6) is 1.11. The van der Waals surface area contributed by atoms with Crippen LogP contribution in [0.4, 0.5) is 5.82 Å². The van der Waals surface area contributed by atoms with Crippen LogP contribution in [0.15, 0.2) is 24.3 Å². The van der Waals surface area contributed by atoms with Gasteiger partial charge < -0.3 is 5.73 Å². The molecule has 4 nitrogen and oxygen atoms in total. The summed E-state index contributed by atoms with van der Waals surface area (Å²) in [4.78, 5) is 8.48. The molecule has 0 saturated heterocycles. The molecule has 1 heterocycles. The zero-order valence-corrected chi connectivity index (χ0v) is 9.73. The fourth-order valence-electron chi connectivity index (χ4n) is 1.67. The molecule has 0 unspecified atom stereocenters. The van der Waals surface area contributed by atoms with E-state index in [2.05, 4.69) is 16.0 Å². The fourth-order valence-corrected chi connectivity index (χ4v) is 1.67. The minimum absolute atomic E-state index is 0.481. The van der Waals surface area contributed by atoms with Crippen molar-refractivity contribution < 1.29 is 0 Å². The molecule has 0 spiro atoms. The largest absolute Gasteiger partial charge is 0.383 e. The fraction of sp³-hybridized carbons (Fsp3) is 0.154. The lowest BCUT2D eigenvalue weighted by atomic mass is 10.0. The number of nitrogens with zero attached hydrogens (tertiary/aromatic N) is 3. The number of aryl methyl sites for hydroxylation is 1. The van der Waals surface area contributed by atoms with Crippen molar-refractivity contribution in [3.05, 3.63) is 41.2 Å². The molecule has 0 aliphatic rings. The summed E-state index contributed by atoms with van der Waals surface area (Å²) < 4.78 is 0. The second-order valence-corrected chi connectivity index (χ2v) is 3.82. The van der Waals surface area contributed by atoms with E-state index in [0.29, 0.717) is 17.2 Å². The first kappa shape index (κ1) is 11.1. The summed E-state index contributed by atoms with van der Waals surface area (Å²) in [6, 6.07) is 9.42. The highest BCUT2D eigenvalue weighted by atomic mass is 14.9. The molecule has 0 radical (unpaired) electrons. The Morgan fingerprint density at radius 2 is 2.00 bits per heavy atom. The standard InChI is InChI=1S/C13H12N4/c1-8-12(16-9(2)17-13(8)15)11-5-3-4-10(6-11)7-14/h3-6H,1-2H3,(H2,15,16,17). The number of rotatable bonds is 1. The van der Waals surface area contributed by atoms with Gasteiger partial charge in [0.2, 0.25) is 0 Å². The van der Waals surface area contributed by atoms with E-state index >= 15 is 0 Å². The summed E-state index contributed by atoms with van der Waals surface area (Å²) in [6.45, 7) is 3.68. The molecule has 1 aromatic heterocycles. The van der Waals surface area contributed by atoms with Crippen LogP contribution in [0.25, 0.3) is 11.3 Å². The molecule has 0 aliphatic heterocycles. The molecule has 2 N–H and O–H groups in total. The van der Waals surface area contributed by atoms with Gasteiger partial charge in [-0.3, -0.25) is 0 Å². The number of nitrogens with two attached hydrogens (primary N) is 1. The monoisotopic (exact) mass is 224 g/mol. The van der Waals surface area contributed by atoms with E-state index in [1.54, 1.807) is 19.1 Å². The number of benzene rings is 1. The molecular weight excluding hydrogens is 212 g/mol. The zero-order chi connectivity index (χ0) is 12.4. The maximum atomic E-state index is 8.88. The third kappa shape index (κ3) is 2.08. The zero-order valence-electron chi connectivity index (χ0n) is 9.73.